The number of cyclic esters (lactones) is 1. The second kappa shape index (κ2) is 21.8. The van der Waals surface area contributed by atoms with Crippen LogP contribution in [0.4, 0.5) is 0 Å². The predicted molar refractivity (Wildman–Crippen MR) is 259 cm³/mol. The quantitative estimate of drug-likeness (QED) is 0.0410. The Morgan fingerprint density at radius 1 is 0.721 bits per heavy atom. The summed E-state index contributed by atoms with van der Waals surface area (Å²) in [6.45, 7) is 0.134. The van der Waals surface area contributed by atoms with Gasteiger partial charge in [0.2, 0.25) is 24.2 Å². The number of benzene rings is 3. The van der Waals surface area contributed by atoms with Gasteiger partial charge in [0.25, 0.3) is 0 Å². The van der Waals surface area contributed by atoms with E-state index >= 15 is 0 Å². The van der Waals surface area contributed by atoms with Crippen LogP contribution in [0.1, 0.15) is 78.0 Å². The number of carbonyl (C=O) groups excluding carboxylic acids is 3. The second-order valence-corrected chi connectivity index (χ2v) is 20.0. The zero-order valence-electron chi connectivity index (χ0n) is 39.0. The average molecular weight is 990 g/mol. The Labute approximate surface area is 407 Å². The molecule has 68 heavy (non-hydrogen) atoms. The summed E-state index contributed by atoms with van der Waals surface area (Å²) >= 11 is 1.37. The molecule has 0 aromatic heterocycles. The van der Waals surface area contributed by atoms with Gasteiger partial charge < -0.3 is 52.7 Å². The van der Waals surface area contributed by atoms with Crippen LogP contribution in [0, 0.1) is 11.8 Å². The molecule has 4 aromatic rings. The van der Waals surface area contributed by atoms with E-state index in [0.717, 1.165) is 44.7 Å². The fraction of sp³-hybridized carbons (Fsp3) is 0.440. The average Bonchev–Trinajstić information content (AvgIpc) is 3.90. The third-order valence-corrected chi connectivity index (χ3v) is 16.2. The molecule has 1 saturated heterocycles. The van der Waals surface area contributed by atoms with Crippen LogP contribution in [0.5, 0.6) is 46.0 Å². The van der Waals surface area contributed by atoms with Crippen molar-refractivity contribution in [3.05, 3.63) is 86.6 Å². The van der Waals surface area contributed by atoms with Crippen molar-refractivity contribution in [2.24, 2.45) is 11.8 Å². The largest absolute Gasteiger partial charge is 0.493 e. The van der Waals surface area contributed by atoms with Gasteiger partial charge in [0.15, 0.2) is 39.9 Å². The van der Waals surface area contributed by atoms with Crippen molar-refractivity contribution < 1.29 is 61.8 Å². The highest BCUT2D eigenvalue weighted by atomic mass is 33.1. The highest BCUT2D eigenvalue weighted by Gasteiger charge is 2.54. The van der Waals surface area contributed by atoms with E-state index in [1.54, 1.807) is 49.0 Å². The van der Waals surface area contributed by atoms with E-state index in [1.807, 2.05) is 48.7 Å². The van der Waals surface area contributed by atoms with Crippen molar-refractivity contribution in [3.63, 3.8) is 0 Å². The van der Waals surface area contributed by atoms with Gasteiger partial charge in [-0.2, -0.15) is 0 Å². The highest BCUT2D eigenvalue weighted by molar-refractivity contribution is 8.76. The number of hydrogen-bond acceptors (Lipinski definition) is 17. The minimum atomic E-state index is -0.760. The Kier molecular flexibility index (Phi) is 15.7. The summed E-state index contributed by atoms with van der Waals surface area (Å²) in [7, 11) is 12.6. The lowest BCUT2D eigenvalue weighted by Crippen LogP contribution is -2.36. The summed E-state index contributed by atoms with van der Waals surface area (Å²) < 4.78 is 57.7. The third-order valence-electron chi connectivity index (χ3n) is 12.8. The van der Waals surface area contributed by atoms with E-state index in [-0.39, 0.29) is 43.1 Å². The minimum Gasteiger partial charge on any atom is -0.493 e. The zero-order valence-corrected chi connectivity index (χ0v) is 41.5. The van der Waals surface area contributed by atoms with Gasteiger partial charge >= 0.3 is 11.9 Å². The normalized spacial score (nSPS) is 19.5. The maximum atomic E-state index is 13.6. The lowest BCUT2D eigenvalue weighted by molar-refractivity contribution is -0.154. The number of carbonyl (C=O) groups is 3. The summed E-state index contributed by atoms with van der Waals surface area (Å²) in [5, 5.41) is 3.23. The molecule has 1 N–H and O–H groups in total. The molecular weight excluding hydrogens is 935 g/mol. The molecule has 0 saturated carbocycles. The fourth-order valence-corrected chi connectivity index (χ4v) is 12.4. The summed E-state index contributed by atoms with van der Waals surface area (Å²) in [6.07, 6.45) is 3.96. The van der Waals surface area contributed by atoms with Gasteiger partial charge in [-0.05, 0) is 102 Å². The molecule has 362 valence electrons. The van der Waals surface area contributed by atoms with Crippen molar-refractivity contribution >= 4 is 51.2 Å². The van der Waals surface area contributed by atoms with Gasteiger partial charge in [-0.25, -0.2) is 0 Å². The summed E-state index contributed by atoms with van der Waals surface area (Å²) in [5.74, 6) is 2.78. The molecule has 2 aliphatic heterocycles. The van der Waals surface area contributed by atoms with Crippen LogP contribution in [0.3, 0.4) is 0 Å². The molecule has 2 heterocycles. The number of aryl methyl sites for hydroxylation is 1. The van der Waals surface area contributed by atoms with Crippen LogP contribution in [0.15, 0.2) is 58.2 Å². The van der Waals surface area contributed by atoms with Crippen LogP contribution >= 0.6 is 33.3 Å². The van der Waals surface area contributed by atoms with Gasteiger partial charge in [0, 0.05) is 47.3 Å². The highest BCUT2D eigenvalue weighted by Crippen LogP contribution is 2.57. The Balaban J connectivity index is 0.867. The van der Waals surface area contributed by atoms with Crippen LogP contribution in [-0.2, 0) is 30.3 Å². The monoisotopic (exact) mass is 989 g/mol. The Hall–Kier alpha value is -5.59. The van der Waals surface area contributed by atoms with Crippen LogP contribution in [-0.4, -0.2) is 91.7 Å². The topological polar surface area (TPSA) is 173 Å². The predicted octanol–water partition coefficient (Wildman–Crippen LogP) is 8.48. The number of fused-ring (bicyclic) bond motifs is 6. The second-order valence-electron chi connectivity index (χ2n) is 16.5. The molecule has 1 amide bonds. The Morgan fingerprint density at radius 2 is 1.37 bits per heavy atom. The van der Waals surface area contributed by atoms with Crippen molar-refractivity contribution in [1.82, 2.24) is 5.32 Å². The minimum absolute atomic E-state index is 0.0481. The standard InChI is InChI=1S/C50H55NO14S3/c1-56-37-19-27(20-38(57-2)47(37)59-4)43-30-22-35-36(64-25-63-35)23-31(30)46(32-24-62-50(55)45(32)43)65-42(54)11-9-17-68-67-16-8-10-41(53)51-33-14-12-26-18-39(58-3)48(60-5)49(61-6)44(26)28-13-15-40(66-7)34(52)21-29(28)33/h13,15,18-23,32-33,43,45-46H,8-12,14,16-17,24-25H2,1-7H3,(H,51,53)/t32-,33-,43+,45-,46-/m0/s1. The van der Waals surface area contributed by atoms with Crippen LogP contribution in [0.2, 0.25) is 0 Å². The molecule has 0 radical (unpaired) electrons. The van der Waals surface area contributed by atoms with E-state index in [9.17, 15) is 19.2 Å². The lowest BCUT2D eigenvalue weighted by Gasteiger charge is -2.38. The molecule has 8 rings (SSSR count). The van der Waals surface area contributed by atoms with Gasteiger partial charge in [-0.15, -0.1) is 11.8 Å². The van der Waals surface area contributed by atoms with Gasteiger partial charge in [0.1, 0.15) is 6.10 Å². The fourth-order valence-electron chi connectivity index (χ4n) is 9.71. The lowest BCUT2D eigenvalue weighted by atomic mass is 9.66. The van der Waals surface area contributed by atoms with Gasteiger partial charge in [0.05, 0.1) is 66.1 Å². The molecule has 0 spiro atoms. The molecule has 15 nitrogen and oxygen atoms in total. The molecule has 18 heteroatoms. The Morgan fingerprint density at radius 3 is 2.01 bits per heavy atom. The number of nitrogens with one attached hydrogen (secondary N) is 1. The van der Waals surface area contributed by atoms with E-state index in [2.05, 4.69) is 5.32 Å². The van der Waals surface area contributed by atoms with Crippen LogP contribution in [0.25, 0.3) is 11.1 Å². The first-order valence-electron chi connectivity index (χ1n) is 22.2. The molecule has 0 unspecified atom stereocenters. The number of hydrogen-bond donors (Lipinski definition) is 1. The van der Waals surface area contributed by atoms with Gasteiger partial charge in [-0.3, -0.25) is 19.2 Å². The first-order valence-corrected chi connectivity index (χ1v) is 26.0. The summed E-state index contributed by atoms with van der Waals surface area (Å²) in [5.41, 5.74) is 5.39. The molecule has 4 aliphatic rings. The number of rotatable bonds is 19. The number of thioether (sulfide) groups is 1. The first-order chi connectivity index (χ1) is 33.1. The van der Waals surface area contributed by atoms with E-state index in [4.69, 9.17) is 47.4 Å². The zero-order chi connectivity index (χ0) is 48.1. The molecule has 4 aromatic carbocycles. The number of ether oxygens (including phenoxy) is 10. The maximum absolute atomic E-state index is 13.6. The number of methoxy groups -OCH3 is 6. The maximum Gasteiger partial charge on any atom is 0.310 e. The molecule has 2 aliphatic carbocycles. The molecule has 1 fully saturated rings. The molecular formula is C50H55NO14S3. The number of amides is 1. The first kappa shape index (κ1) is 48.9. The van der Waals surface area contributed by atoms with Crippen molar-refractivity contribution in [3.8, 4) is 57.1 Å². The SMILES string of the molecule is COc1cc([C@@H]2c3cc4c(cc3[C@H](OC(=O)CCCSSCCCC(=O)N[C@H]3CCc5cc(OC)c(OC)c(OC)c5-c5ccc(SC)c(=O)cc53)[C@H]3COC(=O)[C@H]23)OCO4)cc(OC)c1OC. The summed E-state index contributed by atoms with van der Waals surface area (Å²) in [6, 6.07) is 14.3. The van der Waals surface area contributed by atoms with Crippen molar-refractivity contribution in [2.45, 2.75) is 61.5 Å². The summed E-state index contributed by atoms with van der Waals surface area (Å²) in [4.78, 5) is 54.6. The van der Waals surface area contributed by atoms with Gasteiger partial charge in [-0.1, -0.05) is 27.7 Å². The Bertz CT molecular complexity index is 2600. The van der Waals surface area contributed by atoms with E-state index in [0.29, 0.717) is 88.7 Å². The van der Waals surface area contributed by atoms with E-state index in [1.165, 1.54) is 33.1 Å². The smallest absolute Gasteiger partial charge is 0.310 e. The van der Waals surface area contributed by atoms with E-state index < -0.39 is 29.9 Å². The molecule has 5 atom stereocenters. The van der Waals surface area contributed by atoms with Crippen LogP contribution < -0.4 is 48.6 Å². The molecule has 0 bridgehead atoms. The number of esters is 2. The van der Waals surface area contributed by atoms with Crippen molar-refractivity contribution in [1.29, 1.82) is 0 Å². The van der Waals surface area contributed by atoms with Crippen molar-refractivity contribution in [2.75, 3.05) is 73.8 Å². The third kappa shape index (κ3) is 9.68.